The lowest BCUT2D eigenvalue weighted by Gasteiger charge is -2.21. The molecule has 0 aromatic carbocycles. The van der Waals surface area contributed by atoms with Gasteiger partial charge in [-0.1, -0.05) is 280 Å². The van der Waals surface area contributed by atoms with Crippen molar-refractivity contribution >= 4 is 39.5 Å². The van der Waals surface area contributed by atoms with Crippen LogP contribution in [0.2, 0.25) is 0 Å². The number of carbonyl (C=O) groups is 4. The molecule has 516 valence electrons. The third kappa shape index (κ3) is 61.3. The second kappa shape index (κ2) is 57.9. The molecule has 87 heavy (non-hydrogen) atoms. The zero-order valence-electron chi connectivity index (χ0n) is 56.6. The number of esters is 4. The molecule has 0 fully saturated rings. The molecule has 0 heterocycles. The smallest absolute Gasteiger partial charge is 0.462 e. The van der Waals surface area contributed by atoms with Gasteiger partial charge in [-0.25, -0.2) is 9.13 Å². The molecule has 0 amide bonds. The Morgan fingerprint density at radius 3 is 0.816 bits per heavy atom. The highest BCUT2D eigenvalue weighted by molar-refractivity contribution is 7.47. The molecule has 6 atom stereocenters. The lowest BCUT2D eigenvalue weighted by atomic mass is 10.00. The number of carbonyl (C=O) groups excluding carboxylic acids is 4. The van der Waals surface area contributed by atoms with Gasteiger partial charge in [0.05, 0.1) is 26.4 Å². The summed E-state index contributed by atoms with van der Waals surface area (Å²) in [6, 6.07) is 0. The summed E-state index contributed by atoms with van der Waals surface area (Å²) in [5.74, 6) is 0.784. The van der Waals surface area contributed by atoms with Crippen LogP contribution in [0, 0.1) is 23.7 Å². The van der Waals surface area contributed by atoms with Crippen molar-refractivity contribution in [1.29, 1.82) is 0 Å². The number of unbranched alkanes of at least 4 members (excludes halogenated alkanes) is 30. The van der Waals surface area contributed by atoms with E-state index >= 15 is 0 Å². The highest BCUT2D eigenvalue weighted by atomic mass is 31.2. The van der Waals surface area contributed by atoms with Crippen molar-refractivity contribution in [1.82, 2.24) is 0 Å². The molecule has 0 aliphatic heterocycles. The zero-order chi connectivity index (χ0) is 64.7. The molecule has 0 aromatic rings. The molecule has 0 saturated carbocycles. The van der Waals surface area contributed by atoms with E-state index in [9.17, 15) is 43.2 Å². The first-order valence-electron chi connectivity index (χ1n) is 35.2. The Morgan fingerprint density at radius 2 is 0.552 bits per heavy atom. The summed E-state index contributed by atoms with van der Waals surface area (Å²) >= 11 is 0. The SMILES string of the molecule is CCC(C)CCCCCCCCC(=O)OC[C@H](COP(=O)(O)OC[C@H](O)COP(=O)(O)OC[C@@H](COC(=O)CCCCCCCCCCCCCCCCC(C)C)OC(=O)CCCCCCCCCC(C)C)OC(=O)CCCCCCCCCC(C)C. The predicted octanol–water partition coefficient (Wildman–Crippen LogP) is 18.9. The van der Waals surface area contributed by atoms with Crippen LogP contribution in [0.15, 0.2) is 0 Å². The van der Waals surface area contributed by atoms with Crippen LogP contribution in [-0.2, 0) is 65.4 Å². The van der Waals surface area contributed by atoms with E-state index in [1.54, 1.807) is 0 Å². The summed E-state index contributed by atoms with van der Waals surface area (Å²) < 4.78 is 68.1. The summed E-state index contributed by atoms with van der Waals surface area (Å²) in [6.07, 6.45) is 39.2. The Bertz CT molecular complexity index is 1730. The maximum Gasteiger partial charge on any atom is 0.472 e. The molecular weight excluding hydrogens is 1150 g/mol. The van der Waals surface area contributed by atoms with E-state index < -0.39 is 97.5 Å². The summed E-state index contributed by atoms with van der Waals surface area (Å²) in [4.78, 5) is 72.4. The maximum atomic E-state index is 13.0. The van der Waals surface area contributed by atoms with Gasteiger partial charge in [-0.05, 0) is 49.4 Å². The van der Waals surface area contributed by atoms with E-state index in [2.05, 4.69) is 55.4 Å². The minimum atomic E-state index is -4.95. The number of hydrogen-bond acceptors (Lipinski definition) is 15. The lowest BCUT2D eigenvalue weighted by molar-refractivity contribution is -0.161. The van der Waals surface area contributed by atoms with Crippen LogP contribution in [0.5, 0.6) is 0 Å². The van der Waals surface area contributed by atoms with Gasteiger partial charge in [-0.3, -0.25) is 37.3 Å². The molecule has 0 spiro atoms. The summed E-state index contributed by atoms with van der Waals surface area (Å²) in [5, 5.41) is 10.6. The number of aliphatic hydroxyl groups is 1. The highest BCUT2D eigenvalue weighted by Gasteiger charge is 2.30. The number of hydrogen-bond donors (Lipinski definition) is 3. The molecule has 0 aromatic heterocycles. The van der Waals surface area contributed by atoms with Crippen LogP contribution >= 0.6 is 15.6 Å². The van der Waals surface area contributed by atoms with E-state index in [1.807, 2.05) is 0 Å². The average molecular weight is 1280 g/mol. The predicted molar refractivity (Wildman–Crippen MR) is 349 cm³/mol. The van der Waals surface area contributed by atoms with Crippen molar-refractivity contribution in [3.8, 4) is 0 Å². The van der Waals surface area contributed by atoms with Crippen molar-refractivity contribution in [3.63, 3.8) is 0 Å². The quantitative estimate of drug-likeness (QED) is 0.0222. The van der Waals surface area contributed by atoms with E-state index in [0.29, 0.717) is 37.5 Å². The second-order valence-electron chi connectivity index (χ2n) is 26.2. The minimum absolute atomic E-state index is 0.102. The normalized spacial score (nSPS) is 14.6. The molecule has 17 nitrogen and oxygen atoms in total. The van der Waals surface area contributed by atoms with Gasteiger partial charge in [0.2, 0.25) is 0 Å². The number of ether oxygens (including phenoxy) is 4. The maximum absolute atomic E-state index is 13.0. The van der Waals surface area contributed by atoms with Crippen LogP contribution in [-0.4, -0.2) is 96.7 Å². The van der Waals surface area contributed by atoms with Crippen LogP contribution in [0.3, 0.4) is 0 Å². The Balaban J connectivity index is 5.20. The first-order chi connectivity index (χ1) is 41.6. The molecular formula is C68H132O17P2. The second-order valence-corrected chi connectivity index (χ2v) is 29.1. The van der Waals surface area contributed by atoms with E-state index in [0.717, 1.165) is 108 Å². The van der Waals surface area contributed by atoms with Gasteiger partial charge < -0.3 is 33.8 Å². The summed E-state index contributed by atoms with van der Waals surface area (Å²) in [7, 11) is -9.90. The molecule has 0 aliphatic rings. The third-order valence-electron chi connectivity index (χ3n) is 15.9. The largest absolute Gasteiger partial charge is 0.472 e. The van der Waals surface area contributed by atoms with Crippen LogP contribution in [0.4, 0.5) is 0 Å². The van der Waals surface area contributed by atoms with Crippen molar-refractivity contribution in [2.75, 3.05) is 39.6 Å². The van der Waals surface area contributed by atoms with Gasteiger partial charge in [-0.15, -0.1) is 0 Å². The van der Waals surface area contributed by atoms with Crippen LogP contribution in [0.1, 0.15) is 331 Å². The summed E-state index contributed by atoms with van der Waals surface area (Å²) in [5.41, 5.74) is 0. The Kier molecular flexibility index (Phi) is 56.6. The molecule has 3 N–H and O–H groups in total. The van der Waals surface area contributed by atoms with Crippen molar-refractivity contribution in [2.24, 2.45) is 23.7 Å². The zero-order valence-corrected chi connectivity index (χ0v) is 58.4. The van der Waals surface area contributed by atoms with Crippen molar-refractivity contribution in [3.05, 3.63) is 0 Å². The molecule has 0 saturated heterocycles. The topological polar surface area (TPSA) is 237 Å². The fraction of sp³-hybridized carbons (Fsp3) is 0.941. The van der Waals surface area contributed by atoms with E-state index in [1.165, 1.54) is 128 Å². The third-order valence-corrected chi connectivity index (χ3v) is 17.8. The van der Waals surface area contributed by atoms with Crippen LogP contribution in [0.25, 0.3) is 0 Å². The van der Waals surface area contributed by atoms with Gasteiger partial charge in [-0.2, -0.15) is 0 Å². The fourth-order valence-electron chi connectivity index (χ4n) is 10.1. The first-order valence-corrected chi connectivity index (χ1v) is 38.2. The average Bonchev–Trinajstić information content (AvgIpc) is 3.69. The summed E-state index contributed by atoms with van der Waals surface area (Å²) in [6.45, 7) is 14.0. The number of rotatable bonds is 65. The lowest BCUT2D eigenvalue weighted by Crippen LogP contribution is -2.30. The van der Waals surface area contributed by atoms with Crippen molar-refractivity contribution < 1.29 is 80.2 Å². The number of phosphoric acid groups is 2. The van der Waals surface area contributed by atoms with Gasteiger partial charge >= 0.3 is 39.5 Å². The van der Waals surface area contributed by atoms with Gasteiger partial charge in [0.15, 0.2) is 12.2 Å². The van der Waals surface area contributed by atoms with E-state index in [-0.39, 0.29) is 25.7 Å². The molecule has 0 bridgehead atoms. The van der Waals surface area contributed by atoms with Crippen LogP contribution < -0.4 is 0 Å². The molecule has 0 radical (unpaired) electrons. The van der Waals surface area contributed by atoms with Gasteiger partial charge in [0, 0.05) is 25.7 Å². The highest BCUT2D eigenvalue weighted by Crippen LogP contribution is 2.45. The van der Waals surface area contributed by atoms with Gasteiger partial charge in [0.25, 0.3) is 0 Å². The monoisotopic (exact) mass is 1280 g/mol. The Morgan fingerprint density at radius 1 is 0.322 bits per heavy atom. The minimum Gasteiger partial charge on any atom is -0.462 e. The fourth-order valence-corrected chi connectivity index (χ4v) is 11.7. The molecule has 19 heteroatoms. The first kappa shape index (κ1) is 85.1. The van der Waals surface area contributed by atoms with Crippen molar-refractivity contribution in [2.45, 2.75) is 350 Å². The molecule has 0 rings (SSSR count). The Labute approximate surface area is 530 Å². The molecule has 0 aliphatic carbocycles. The standard InChI is InChI=1S/C68H132O17P2/c1-9-61(8)47-39-31-26-27-33-41-49-66(71)79-55-64(85-68(73)51-43-35-25-19-22-30-38-46-60(6)7)57-83-87(76,77)81-53-62(69)52-80-86(74,75)82-56-63(84-67(72)50-42-34-24-18-21-29-37-45-59(4)5)54-78-65(70)48-40-32-23-17-15-13-11-10-12-14-16-20-28-36-44-58(2)3/h58-64,69H,9-57H2,1-8H3,(H,74,75)(H,76,77)/t61?,62-,63-,64-/m1/s1. The number of phosphoric ester groups is 2. The van der Waals surface area contributed by atoms with Gasteiger partial charge in [0.1, 0.15) is 19.3 Å². The Hall–Kier alpha value is -1.94. The molecule has 3 unspecified atom stereocenters. The number of aliphatic hydroxyl groups excluding tert-OH is 1. The van der Waals surface area contributed by atoms with E-state index in [4.69, 9.17) is 37.0 Å².